The molecule has 4 N–H and O–H groups in total. The van der Waals surface area contributed by atoms with Crippen molar-refractivity contribution in [2.75, 3.05) is 19.0 Å². The van der Waals surface area contributed by atoms with Crippen molar-refractivity contribution in [3.05, 3.63) is 90.0 Å². The maximum Gasteiger partial charge on any atom is 0.262 e. The summed E-state index contributed by atoms with van der Waals surface area (Å²) in [5, 5.41) is 5.38. The predicted molar refractivity (Wildman–Crippen MR) is 124 cm³/mol. The van der Waals surface area contributed by atoms with Gasteiger partial charge in [-0.05, 0) is 42.0 Å². The van der Waals surface area contributed by atoms with Gasteiger partial charge in [0.15, 0.2) is 6.61 Å². The highest BCUT2D eigenvalue weighted by Crippen LogP contribution is 2.17. The van der Waals surface area contributed by atoms with E-state index >= 15 is 0 Å². The molecule has 0 bridgehead atoms. The smallest absolute Gasteiger partial charge is 0.262 e. The van der Waals surface area contributed by atoms with E-state index in [-0.39, 0.29) is 12.5 Å². The Labute approximate surface area is 191 Å². The number of amides is 3. The number of ether oxygens (including phenoxy) is 2. The maximum atomic E-state index is 12.5. The van der Waals surface area contributed by atoms with E-state index in [0.29, 0.717) is 29.2 Å². The van der Waals surface area contributed by atoms with Crippen LogP contribution < -0.4 is 25.8 Å². The number of benzene rings is 3. The first kappa shape index (κ1) is 23.3. The lowest BCUT2D eigenvalue weighted by Crippen LogP contribution is -2.45. The van der Waals surface area contributed by atoms with Gasteiger partial charge in [-0.2, -0.15) is 0 Å². The van der Waals surface area contributed by atoms with E-state index < -0.39 is 17.9 Å². The Balaban J connectivity index is 1.52. The van der Waals surface area contributed by atoms with Gasteiger partial charge in [0, 0.05) is 23.7 Å². The summed E-state index contributed by atoms with van der Waals surface area (Å²) >= 11 is 0. The fourth-order valence-electron chi connectivity index (χ4n) is 3.06. The number of carbonyl (C=O) groups excluding carboxylic acids is 3. The molecule has 170 valence electrons. The molecule has 3 aromatic carbocycles. The maximum absolute atomic E-state index is 12.5. The lowest BCUT2D eigenvalue weighted by molar-refractivity contribution is -0.120. The zero-order valence-corrected chi connectivity index (χ0v) is 18.1. The molecule has 3 rings (SSSR count). The largest absolute Gasteiger partial charge is 0.497 e. The number of primary amides is 1. The molecular weight excluding hydrogens is 422 g/mol. The van der Waals surface area contributed by atoms with Gasteiger partial charge in [-0.1, -0.05) is 36.4 Å². The molecule has 0 fully saturated rings. The molecule has 0 spiro atoms. The summed E-state index contributed by atoms with van der Waals surface area (Å²) in [6.07, 6.45) is 0.297. The Morgan fingerprint density at radius 1 is 0.909 bits per heavy atom. The van der Waals surface area contributed by atoms with Crippen LogP contribution >= 0.6 is 0 Å². The molecule has 3 amide bonds. The molecular formula is C25H25N3O5. The Bertz CT molecular complexity index is 1100. The molecule has 0 heterocycles. The Kier molecular flexibility index (Phi) is 8.02. The molecule has 0 saturated carbocycles. The van der Waals surface area contributed by atoms with Crippen molar-refractivity contribution in [1.82, 2.24) is 5.32 Å². The van der Waals surface area contributed by atoms with Crippen LogP contribution in [0.15, 0.2) is 78.9 Å². The lowest BCUT2D eigenvalue weighted by atomic mass is 10.0. The van der Waals surface area contributed by atoms with E-state index in [1.807, 2.05) is 30.3 Å². The minimum Gasteiger partial charge on any atom is -0.497 e. The summed E-state index contributed by atoms with van der Waals surface area (Å²) in [6.45, 7) is -0.205. The summed E-state index contributed by atoms with van der Waals surface area (Å²) in [5.41, 5.74) is 7.27. The monoisotopic (exact) mass is 447 g/mol. The van der Waals surface area contributed by atoms with E-state index in [0.717, 1.165) is 5.56 Å². The van der Waals surface area contributed by atoms with Gasteiger partial charge in [0.1, 0.15) is 17.5 Å². The van der Waals surface area contributed by atoms with Crippen LogP contribution in [0, 0.1) is 0 Å². The lowest BCUT2D eigenvalue weighted by Gasteiger charge is -2.16. The van der Waals surface area contributed by atoms with Crippen molar-refractivity contribution >= 4 is 23.4 Å². The van der Waals surface area contributed by atoms with E-state index in [1.165, 1.54) is 0 Å². The van der Waals surface area contributed by atoms with Gasteiger partial charge < -0.3 is 25.8 Å². The predicted octanol–water partition coefficient (Wildman–Crippen LogP) is 2.54. The zero-order chi connectivity index (χ0) is 23.6. The number of hydrogen-bond donors (Lipinski definition) is 3. The normalized spacial score (nSPS) is 11.2. The second-order valence-electron chi connectivity index (χ2n) is 7.21. The number of carbonyl (C=O) groups is 3. The highest BCUT2D eigenvalue weighted by Gasteiger charge is 2.19. The van der Waals surface area contributed by atoms with Crippen molar-refractivity contribution in [3.8, 4) is 11.5 Å². The number of hydrogen-bond acceptors (Lipinski definition) is 5. The fourth-order valence-corrected chi connectivity index (χ4v) is 3.06. The molecule has 1 atom stereocenters. The number of anilines is 1. The first-order chi connectivity index (χ1) is 15.9. The van der Waals surface area contributed by atoms with Crippen LogP contribution in [-0.2, 0) is 16.0 Å². The summed E-state index contributed by atoms with van der Waals surface area (Å²) in [4.78, 5) is 36.4. The van der Waals surface area contributed by atoms with Crippen LogP contribution in [0.3, 0.4) is 0 Å². The SMILES string of the molecule is COc1cccc(NC(=O)COc2ccc(C(=O)NC(Cc3ccccc3)C(N)=O)cc2)c1. The molecule has 8 heteroatoms. The van der Waals surface area contributed by atoms with Crippen LogP contribution in [0.5, 0.6) is 11.5 Å². The molecule has 0 radical (unpaired) electrons. The third-order valence-electron chi connectivity index (χ3n) is 4.77. The standard InChI is InChI=1S/C25H25N3O5/c1-32-21-9-5-8-19(15-21)27-23(29)16-33-20-12-10-18(11-13-20)25(31)28-22(24(26)30)14-17-6-3-2-4-7-17/h2-13,15,22H,14,16H2,1H3,(H2,26,30)(H,27,29)(H,28,31). The summed E-state index contributed by atoms with van der Waals surface area (Å²) in [5.74, 6) is -0.338. The van der Waals surface area contributed by atoms with E-state index in [2.05, 4.69) is 10.6 Å². The van der Waals surface area contributed by atoms with Crippen molar-refractivity contribution in [2.24, 2.45) is 5.73 Å². The molecule has 3 aromatic rings. The average Bonchev–Trinajstić information content (AvgIpc) is 2.83. The van der Waals surface area contributed by atoms with Gasteiger partial charge in [0.05, 0.1) is 7.11 Å². The summed E-state index contributed by atoms with van der Waals surface area (Å²) < 4.78 is 10.6. The minimum atomic E-state index is -0.837. The topological polar surface area (TPSA) is 120 Å². The Hall–Kier alpha value is -4.33. The highest BCUT2D eigenvalue weighted by molar-refractivity contribution is 5.97. The van der Waals surface area contributed by atoms with Gasteiger partial charge in [-0.3, -0.25) is 14.4 Å². The highest BCUT2D eigenvalue weighted by atomic mass is 16.5. The van der Waals surface area contributed by atoms with E-state index in [9.17, 15) is 14.4 Å². The van der Waals surface area contributed by atoms with Crippen molar-refractivity contribution in [3.63, 3.8) is 0 Å². The summed E-state index contributed by atoms with van der Waals surface area (Å²) in [6, 6.07) is 21.7. The number of rotatable bonds is 10. The van der Waals surface area contributed by atoms with Gasteiger partial charge in [-0.25, -0.2) is 0 Å². The van der Waals surface area contributed by atoms with Crippen LogP contribution in [0.4, 0.5) is 5.69 Å². The first-order valence-corrected chi connectivity index (χ1v) is 10.3. The molecule has 0 aliphatic rings. The Morgan fingerprint density at radius 2 is 1.64 bits per heavy atom. The van der Waals surface area contributed by atoms with Gasteiger partial charge >= 0.3 is 0 Å². The molecule has 8 nitrogen and oxygen atoms in total. The molecule has 0 aromatic heterocycles. The number of nitrogens with two attached hydrogens (primary N) is 1. The van der Waals surface area contributed by atoms with Crippen molar-refractivity contribution < 1.29 is 23.9 Å². The van der Waals surface area contributed by atoms with Crippen LogP contribution in [-0.4, -0.2) is 37.5 Å². The van der Waals surface area contributed by atoms with Crippen molar-refractivity contribution in [2.45, 2.75) is 12.5 Å². The van der Waals surface area contributed by atoms with Crippen LogP contribution in [0.2, 0.25) is 0 Å². The second-order valence-corrected chi connectivity index (χ2v) is 7.21. The molecule has 1 unspecified atom stereocenters. The second kappa shape index (κ2) is 11.3. The van der Waals surface area contributed by atoms with Crippen LogP contribution in [0.1, 0.15) is 15.9 Å². The molecule has 0 saturated heterocycles. The minimum absolute atomic E-state index is 0.205. The van der Waals surface area contributed by atoms with Gasteiger partial charge in [-0.15, -0.1) is 0 Å². The van der Waals surface area contributed by atoms with Gasteiger partial charge in [0.25, 0.3) is 11.8 Å². The summed E-state index contributed by atoms with van der Waals surface area (Å²) in [7, 11) is 1.55. The average molecular weight is 447 g/mol. The zero-order valence-electron chi connectivity index (χ0n) is 18.1. The first-order valence-electron chi connectivity index (χ1n) is 10.3. The fraction of sp³-hybridized carbons (Fsp3) is 0.160. The third-order valence-corrected chi connectivity index (χ3v) is 4.77. The van der Waals surface area contributed by atoms with Crippen molar-refractivity contribution in [1.29, 1.82) is 0 Å². The number of methoxy groups -OCH3 is 1. The third kappa shape index (κ3) is 7.10. The molecule has 33 heavy (non-hydrogen) atoms. The van der Waals surface area contributed by atoms with E-state index in [4.69, 9.17) is 15.2 Å². The molecule has 0 aliphatic carbocycles. The molecule has 0 aliphatic heterocycles. The van der Waals surface area contributed by atoms with Gasteiger partial charge in [0.2, 0.25) is 5.91 Å². The quantitative estimate of drug-likeness (QED) is 0.441. The van der Waals surface area contributed by atoms with Crippen LogP contribution in [0.25, 0.3) is 0 Å². The Morgan fingerprint density at radius 3 is 2.30 bits per heavy atom. The van der Waals surface area contributed by atoms with E-state index in [1.54, 1.807) is 55.6 Å². The number of nitrogens with one attached hydrogen (secondary N) is 2.